The zero-order chi connectivity index (χ0) is 14.7. The summed E-state index contributed by atoms with van der Waals surface area (Å²) in [5.41, 5.74) is 0.908. The fourth-order valence-corrected chi connectivity index (χ4v) is 4.83. The molecule has 20 heavy (non-hydrogen) atoms. The molecule has 2 rings (SSSR count). The summed E-state index contributed by atoms with van der Waals surface area (Å²) in [5, 5.41) is 3.30. The monoisotopic (exact) mass is 466 g/mol. The number of hydrogen-bond donors (Lipinski definition) is 1. The smallest absolute Gasteiger partial charge is 0.244 e. The second-order valence-electron chi connectivity index (χ2n) is 5.00. The molecule has 0 bridgehead atoms. The Hall–Kier alpha value is -0.0700. The van der Waals surface area contributed by atoms with Crippen molar-refractivity contribution in [2.45, 2.75) is 32.2 Å². The number of likely N-dealkylation sites (tertiary alicyclic amines) is 1. The highest BCUT2D eigenvalue weighted by molar-refractivity contribution is 9.11. The first-order valence-corrected chi connectivity index (χ1v) is 9.07. The van der Waals surface area contributed by atoms with Gasteiger partial charge in [-0.05, 0) is 70.2 Å². The molecule has 1 aromatic carbocycles. The summed E-state index contributed by atoms with van der Waals surface area (Å²) < 4.78 is 2.84. The predicted molar refractivity (Wildman–Crippen MR) is 93.1 cm³/mol. The van der Waals surface area contributed by atoms with Crippen LogP contribution in [-0.2, 0) is 4.79 Å². The number of carbonyl (C=O) groups excluding carboxylic acids is 1. The molecule has 0 spiro atoms. The van der Waals surface area contributed by atoms with Gasteiger partial charge in [-0.2, -0.15) is 0 Å². The second-order valence-corrected chi connectivity index (χ2v) is 7.62. The minimum absolute atomic E-state index is 0.173. The summed E-state index contributed by atoms with van der Waals surface area (Å²) in [6, 6.07) is 3.69. The molecule has 1 aliphatic rings. The van der Waals surface area contributed by atoms with Crippen LogP contribution in [0.3, 0.4) is 0 Å². The lowest BCUT2D eigenvalue weighted by Crippen LogP contribution is -2.44. The van der Waals surface area contributed by atoms with E-state index in [1.165, 1.54) is 6.42 Å². The number of nitrogens with one attached hydrogen (secondary N) is 1. The van der Waals surface area contributed by atoms with E-state index in [-0.39, 0.29) is 11.9 Å². The van der Waals surface area contributed by atoms with Crippen LogP contribution in [0.25, 0.3) is 0 Å². The molecule has 110 valence electrons. The molecule has 0 aromatic heterocycles. The first kappa shape index (κ1) is 16.3. The molecular formula is C14H17Br3N2O. The van der Waals surface area contributed by atoms with E-state index in [9.17, 15) is 4.79 Å². The Morgan fingerprint density at radius 2 is 1.70 bits per heavy atom. The van der Waals surface area contributed by atoms with E-state index in [1.807, 2.05) is 24.0 Å². The zero-order valence-corrected chi connectivity index (χ0v) is 16.0. The topological polar surface area (TPSA) is 32.3 Å². The van der Waals surface area contributed by atoms with Crippen molar-refractivity contribution >= 4 is 59.4 Å². The summed E-state index contributed by atoms with van der Waals surface area (Å²) in [6.07, 6.45) is 3.46. The van der Waals surface area contributed by atoms with Crippen LogP contribution in [0.2, 0.25) is 0 Å². The van der Waals surface area contributed by atoms with Crippen molar-refractivity contribution in [1.29, 1.82) is 0 Å². The summed E-state index contributed by atoms with van der Waals surface area (Å²) in [4.78, 5) is 14.4. The van der Waals surface area contributed by atoms with Gasteiger partial charge in [0.2, 0.25) is 5.91 Å². The van der Waals surface area contributed by atoms with Gasteiger partial charge >= 0.3 is 0 Å². The normalized spacial score (nSPS) is 16.9. The van der Waals surface area contributed by atoms with Gasteiger partial charge in [-0.25, -0.2) is 0 Å². The Kier molecular flexibility index (Phi) is 5.93. The van der Waals surface area contributed by atoms with E-state index in [0.29, 0.717) is 0 Å². The maximum Gasteiger partial charge on any atom is 0.244 e. The van der Waals surface area contributed by atoms with Gasteiger partial charge in [0.05, 0.1) is 5.69 Å². The Bertz CT molecular complexity index is 478. The summed E-state index contributed by atoms with van der Waals surface area (Å²) in [7, 11) is 0. The summed E-state index contributed by atoms with van der Waals surface area (Å²) in [5.74, 6) is 0.173. The lowest BCUT2D eigenvalue weighted by molar-refractivity contribution is -0.132. The Morgan fingerprint density at radius 1 is 1.15 bits per heavy atom. The fourth-order valence-electron chi connectivity index (χ4n) is 2.35. The SMILES string of the molecule is CC(Nc1c(Br)cc(Br)cc1Br)C(=O)N1CCCCC1. The largest absolute Gasteiger partial charge is 0.372 e. The molecule has 1 atom stereocenters. The first-order valence-electron chi connectivity index (χ1n) is 6.69. The van der Waals surface area contributed by atoms with E-state index in [1.54, 1.807) is 0 Å². The average Bonchev–Trinajstić information content (AvgIpc) is 2.42. The molecule has 3 nitrogen and oxygen atoms in total. The molecule has 1 unspecified atom stereocenters. The van der Waals surface area contributed by atoms with Gasteiger partial charge in [0.25, 0.3) is 0 Å². The van der Waals surface area contributed by atoms with Gasteiger partial charge in [-0.1, -0.05) is 15.9 Å². The molecule has 0 saturated carbocycles. The predicted octanol–water partition coefficient (Wildman–Crippen LogP) is 4.79. The third-order valence-electron chi connectivity index (χ3n) is 3.41. The molecular weight excluding hydrogens is 452 g/mol. The summed E-state index contributed by atoms with van der Waals surface area (Å²) >= 11 is 10.5. The van der Waals surface area contributed by atoms with Crippen molar-refractivity contribution in [2.24, 2.45) is 0 Å². The first-order chi connectivity index (χ1) is 9.49. The molecule has 1 aliphatic heterocycles. The van der Waals surface area contributed by atoms with E-state index in [2.05, 4.69) is 53.1 Å². The molecule has 6 heteroatoms. The van der Waals surface area contributed by atoms with Crippen molar-refractivity contribution in [2.75, 3.05) is 18.4 Å². The molecule has 1 N–H and O–H groups in total. The number of hydrogen-bond acceptors (Lipinski definition) is 2. The van der Waals surface area contributed by atoms with E-state index < -0.39 is 0 Å². The van der Waals surface area contributed by atoms with E-state index in [0.717, 1.165) is 45.0 Å². The Morgan fingerprint density at radius 3 is 2.25 bits per heavy atom. The van der Waals surface area contributed by atoms with Crippen LogP contribution in [0, 0.1) is 0 Å². The van der Waals surface area contributed by atoms with Gasteiger partial charge in [-0.15, -0.1) is 0 Å². The van der Waals surface area contributed by atoms with Crippen LogP contribution in [0.4, 0.5) is 5.69 Å². The summed E-state index contributed by atoms with van der Waals surface area (Å²) in [6.45, 7) is 3.68. The Balaban J connectivity index is 2.07. The molecule has 0 radical (unpaired) electrons. The number of amides is 1. The van der Waals surface area contributed by atoms with Crippen molar-refractivity contribution in [3.8, 4) is 0 Å². The van der Waals surface area contributed by atoms with Crippen LogP contribution in [0.15, 0.2) is 25.6 Å². The maximum absolute atomic E-state index is 12.4. The molecule has 1 amide bonds. The maximum atomic E-state index is 12.4. The standard InChI is InChI=1S/C14H17Br3N2O/c1-9(14(20)19-5-3-2-4-6-19)18-13-11(16)7-10(15)8-12(13)17/h7-9,18H,2-6H2,1H3. The van der Waals surface area contributed by atoms with E-state index in [4.69, 9.17) is 0 Å². The van der Waals surface area contributed by atoms with Gasteiger partial charge in [0.1, 0.15) is 6.04 Å². The number of carbonyl (C=O) groups is 1. The van der Waals surface area contributed by atoms with Gasteiger partial charge in [0.15, 0.2) is 0 Å². The van der Waals surface area contributed by atoms with Gasteiger partial charge in [0, 0.05) is 26.5 Å². The lowest BCUT2D eigenvalue weighted by atomic mass is 10.1. The molecule has 1 heterocycles. The van der Waals surface area contributed by atoms with Gasteiger partial charge in [-0.3, -0.25) is 4.79 Å². The molecule has 0 aliphatic carbocycles. The van der Waals surface area contributed by atoms with Crippen LogP contribution in [0.1, 0.15) is 26.2 Å². The zero-order valence-electron chi connectivity index (χ0n) is 11.3. The highest BCUT2D eigenvalue weighted by Gasteiger charge is 2.23. The quantitative estimate of drug-likeness (QED) is 0.692. The van der Waals surface area contributed by atoms with Crippen LogP contribution in [-0.4, -0.2) is 29.9 Å². The van der Waals surface area contributed by atoms with Crippen molar-refractivity contribution < 1.29 is 4.79 Å². The van der Waals surface area contributed by atoms with E-state index >= 15 is 0 Å². The Labute approximate surface area is 144 Å². The number of piperidine rings is 1. The lowest BCUT2D eigenvalue weighted by Gasteiger charge is -2.30. The highest BCUT2D eigenvalue weighted by atomic mass is 79.9. The average molecular weight is 469 g/mol. The molecule has 1 aromatic rings. The minimum atomic E-state index is -0.234. The molecule has 1 saturated heterocycles. The number of anilines is 1. The van der Waals surface area contributed by atoms with Crippen molar-refractivity contribution in [3.05, 3.63) is 25.6 Å². The van der Waals surface area contributed by atoms with Crippen molar-refractivity contribution in [3.63, 3.8) is 0 Å². The van der Waals surface area contributed by atoms with Crippen LogP contribution in [0.5, 0.6) is 0 Å². The third kappa shape index (κ3) is 3.98. The number of benzene rings is 1. The van der Waals surface area contributed by atoms with Crippen molar-refractivity contribution in [1.82, 2.24) is 4.90 Å². The van der Waals surface area contributed by atoms with Gasteiger partial charge < -0.3 is 10.2 Å². The molecule has 1 fully saturated rings. The second kappa shape index (κ2) is 7.27. The van der Waals surface area contributed by atoms with Crippen LogP contribution < -0.4 is 5.32 Å². The highest BCUT2D eigenvalue weighted by Crippen LogP contribution is 2.34. The third-order valence-corrected chi connectivity index (χ3v) is 5.11. The number of rotatable bonds is 3. The number of halogens is 3. The fraction of sp³-hybridized carbons (Fsp3) is 0.500. The number of nitrogens with zero attached hydrogens (tertiary/aromatic N) is 1. The van der Waals surface area contributed by atoms with Crippen LogP contribution >= 0.6 is 47.8 Å². The minimum Gasteiger partial charge on any atom is -0.372 e.